The Hall–Kier alpha value is -3.50. The fourth-order valence-corrected chi connectivity index (χ4v) is 8.03. The number of carboxylic acid groups (broad SMARTS) is 1. The number of non-ortho nitro benzene ring substituents is 1. The highest BCUT2D eigenvalue weighted by molar-refractivity contribution is 5.74. The van der Waals surface area contributed by atoms with Gasteiger partial charge in [0.25, 0.3) is 5.69 Å². The Balaban J connectivity index is 1.16. The molecule has 3 aliphatic rings. The maximum absolute atomic E-state index is 13.2. The summed E-state index contributed by atoms with van der Waals surface area (Å²) in [6, 6.07) is 16.7. The van der Waals surface area contributed by atoms with E-state index >= 15 is 0 Å². The number of likely N-dealkylation sites (tertiary alicyclic amines) is 2. The van der Waals surface area contributed by atoms with Gasteiger partial charge in [0.1, 0.15) is 6.04 Å². The first-order valence-corrected chi connectivity index (χ1v) is 17.2. The Morgan fingerprint density at radius 1 is 1.00 bits per heavy atom. The van der Waals surface area contributed by atoms with Crippen molar-refractivity contribution in [1.29, 1.82) is 0 Å². The van der Waals surface area contributed by atoms with Gasteiger partial charge in [-0.05, 0) is 55.1 Å². The van der Waals surface area contributed by atoms with Crippen molar-refractivity contribution in [3.8, 4) is 0 Å². The van der Waals surface area contributed by atoms with E-state index in [0.29, 0.717) is 24.8 Å². The highest BCUT2D eigenvalue weighted by Crippen LogP contribution is 2.38. The predicted octanol–water partition coefficient (Wildman–Crippen LogP) is 6.20. The number of rotatable bonds is 13. The van der Waals surface area contributed by atoms with Crippen LogP contribution in [-0.4, -0.2) is 94.8 Å². The van der Waals surface area contributed by atoms with Crippen molar-refractivity contribution in [2.75, 3.05) is 45.9 Å². The van der Waals surface area contributed by atoms with Gasteiger partial charge >= 0.3 is 12.1 Å². The molecule has 1 amide bonds. The molecule has 2 heterocycles. The van der Waals surface area contributed by atoms with Gasteiger partial charge in [-0.1, -0.05) is 68.7 Å². The molecule has 0 unspecified atom stereocenters. The second-order valence-corrected chi connectivity index (χ2v) is 13.4. The summed E-state index contributed by atoms with van der Waals surface area (Å²) in [5.41, 5.74) is 2.23. The first kappa shape index (κ1) is 33.9. The van der Waals surface area contributed by atoms with E-state index in [0.717, 1.165) is 83.2 Å². The summed E-state index contributed by atoms with van der Waals surface area (Å²) in [5.74, 6) is 0.207. The van der Waals surface area contributed by atoms with Crippen molar-refractivity contribution in [3.05, 3.63) is 75.8 Å². The lowest BCUT2D eigenvalue weighted by atomic mass is 9.83. The van der Waals surface area contributed by atoms with Crippen LogP contribution in [0.15, 0.2) is 54.6 Å². The third-order valence-corrected chi connectivity index (χ3v) is 10.4. The number of amides is 1. The molecular formula is C36H50N4O6. The minimum absolute atomic E-state index is 0.0472. The molecule has 10 nitrogen and oxygen atoms in total. The number of aliphatic carboxylic acids is 1. The Bertz CT molecular complexity index is 1280. The minimum Gasteiger partial charge on any atom is -0.480 e. The molecular weight excluding hydrogens is 584 g/mol. The standard InChI is InChI=1S/C36H50N4O6/c1-2-20-39(36(43)46-23-19-27-13-15-32(16-14-27)40(44)45)31-17-21-37(22-18-31)24-30-25-38(26-33(30)28-9-5-3-6-10-28)34(35(41)42)29-11-7-4-8-12-29/h3,5-6,9-10,13-16,29-31,33-34H,2,4,7-8,11-12,17-26H2,1H3,(H,41,42)/t30-,33+,34+/m0/s1. The fraction of sp³-hybridized carbons (Fsp3) is 0.611. The van der Waals surface area contributed by atoms with Crippen molar-refractivity contribution in [1.82, 2.24) is 14.7 Å². The second-order valence-electron chi connectivity index (χ2n) is 13.4. The van der Waals surface area contributed by atoms with Crippen LogP contribution in [0.5, 0.6) is 0 Å². The Kier molecular flexibility index (Phi) is 12.0. The highest BCUT2D eigenvalue weighted by atomic mass is 16.6. The predicted molar refractivity (Wildman–Crippen MR) is 177 cm³/mol. The van der Waals surface area contributed by atoms with Gasteiger partial charge in [-0.2, -0.15) is 0 Å². The average molecular weight is 635 g/mol. The van der Waals surface area contributed by atoms with Crippen LogP contribution in [0.3, 0.4) is 0 Å². The molecule has 0 spiro atoms. The van der Waals surface area contributed by atoms with E-state index in [1.54, 1.807) is 12.1 Å². The van der Waals surface area contributed by atoms with Crippen LogP contribution in [0.2, 0.25) is 0 Å². The molecule has 46 heavy (non-hydrogen) atoms. The lowest BCUT2D eigenvalue weighted by Crippen LogP contribution is -2.49. The van der Waals surface area contributed by atoms with Crippen molar-refractivity contribution in [2.45, 2.75) is 82.7 Å². The first-order chi connectivity index (χ1) is 22.3. The molecule has 1 N–H and O–H groups in total. The molecule has 1 saturated carbocycles. The molecule has 0 bridgehead atoms. The number of nitro benzene ring substituents is 1. The first-order valence-electron chi connectivity index (χ1n) is 17.2. The number of nitrogens with zero attached hydrogens (tertiary/aromatic N) is 4. The van der Waals surface area contributed by atoms with Gasteiger partial charge in [-0.15, -0.1) is 0 Å². The molecule has 2 aromatic carbocycles. The van der Waals surface area contributed by atoms with E-state index in [9.17, 15) is 24.8 Å². The third-order valence-electron chi connectivity index (χ3n) is 10.4. The number of carboxylic acids is 1. The molecule has 1 aliphatic carbocycles. The van der Waals surface area contributed by atoms with Crippen molar-refractivity contribution in [2.24, 2.45) is 11.8 Å². The second kappa shape index (κ2) is 16.4. The van der Waals surface area contributed by atoms with Gasteiger partial charge < -0.3 is 19.6 Å². The topological polar surface area (TPSA) is 116 Å². The molecule has 2 saturated heterocycles. The van der Waals surface area contributed by atoms with Crippen LogP contribution >= 0.6 is 0 Å². The number of nitro groups is 1. The van der Waals surface area contributed by atoms with E-state index in [2.05, 4.69) is 41.0 Å². The summed E-state index contributed by atoms with van der Waals surface area (Å²) in [4.78, 5) is 42.9. The molecule has 5 rings (SSSR count). The molecule has 0 aromatic heterocycles. The summed E-state index contributed by atoms with van der Waals surface area (Å²) >= 11 is 0. The van der Waals surface area contributed by atoms with Gasteiger partial charge in [0.15, 0.2) is 0 Å². The minimum atomic E-state index is -0.671. The summed E-state index contributed by atoms with van der Waals surface area (Å²) in [6.07, 6.45) is 8.31. The Labute approximate surface area is 272 Å². The third kappa shape index (κ3) is 8.64. The Morgan fingerprint density at radius 2 is 1.70 bits per heavy atom. The van der Waals surface area contributed by atoms with Gasteiger partial charge in [-0.25, -0.2) is 4.79 Å². The molecule has 3 atom stereocenters. The normalized spacial score (nSPS) is 22.4. The van der Waals surface area contributed by atoms with E-state index in [4.69, 9.17) is 4.74 Å². The largest absolute Gasteiger partial charge is 0.480 e. The maximum atomic E-state index is 13.2. The smallest absolute Gasteiger partial charge is 0.410 e. The van der Waals surface area contributed by atoms with Gasteiger partial charge in [-0.3, -0.25) is 19.8 Å². The zero-order valence-electron chi connectivity index (χ0n) is 27.2. The SMILES string of the molecule is CCCN(C(=O)OCCc1ccc([N+](=O)[O-])cc1)C1CCN(C[C@H]2CN([C@@H](C(=O)O)C3CCCCC3)C[C@@H]2c2ccccc2)CC1. The number of ether oxygens (including phenoxy) is 1. The van der Waals surface area contributed by atoms with Crippen LogP contribution in [-0.2, 0) is 16.0 Å². The van der Waals surface area contributed by atoms with E-state index in [-0.39, 0.29) is 30.3 Å². The number of piperidine rings is 1. The highest BCUT2D eigenvalue weighted by Gasteiger charge is 2.43. The molecule has 0 radical (unpaired) electrons. The Morgan fingerprint density at radius 3 is 2.33 bits per heavy atom. The lowest BCUT2D eigenvalue weighted by molar-refractivity contribution is -0.384. The molecule has 3 fully saturated rings. The van der Waals surface area contributed by atoms with Crippen LogP contribution in [0.1, 0.15) is 75.3 Å². The van der Waals surface area contributed by atoms with E-state index in [1.807, 2.05) is 11.0 Å². The number of hydrogen-bond donors (Lipinski definition) is 1. The summed E-state index contributed by atoms with van der Waals surface area (Å²) in [6.45, 7) is 7.24. The van der Waals surface area contributed by atoms with Crippen LogP contribution in [0.25, 0.3) is 0 Å². The molecule has 250 valence electrons. The monoisotopic (exact) mass is 634 g/mol. The average Bonchev–Trinajstić information content (AvgIpc) is 3.47. The van der Waals surface area contributed by atoms with Gasteiger partial charge in [0.2, 0.25) is 0 Å². The van der Waals surface area contributed by atoms with Crippen molar-refractivity contribution >= 4 is 17.7 Å². The number of hydrogen-bond acceptors (Lipinski definition) is 7. The zero-order valence-corrected chi connectivity index (χ0v) is 27.2. The number of benzene rings is 2. The number of carbonyl (C=O) groups excluding carboxylic acids is 1. The van der Waals surface area contributed by atoms with Gasteiger partial charge in [0, 0.05) is 69.8 Å². The summed E-state index contributed by atoms with van der Waals surface area (Å²) < 4.78 is 5.68. The van der Waals surface area contributed by atoms with E-state index in [1.165, 1.54) is 24.1 Å². The zero-order chi connectivity index (χ0) is 32.5. The van der Waals surface area contributed by atoms with E-state index < -0.39 is 16.9 Å². The summed E-state index contributed by atoms with van der Waals surface area (Å²) in [5, 5.41) is 21.2. The van der Waals surface area contributed by atoms with Crippen LogP contribution in [0.4, 0.5) is 10.5 Å². The maximum Gasteiger partial charge on any atom is 0.410 e. The quantitative estimate of drug-likeness (QED) is 0.205. The van der Waals surface area contributed by atoms with Crippen LogP contribution < -0.4 is 0 Å². The summed E-state index contributed by atoms with van der Waals surface area (Å²) in [7, 11) is 0. The lowest BCUT2D eigenvalue weighted by Gasteiger charge is -2.39. The van der Waals surface area contributed by atoms with Gasteiger partial charge in [0.05, 0.1) is 11.5 Å². The van der Waals surface area contributed by atoms with Crippen molar-refractivity contribution in [3.63, 3.8) is 0 Å². The molecule has 2 aromatic rings. The van der Waals surface area contributed by atoms with Crippen molar-refractivity contribution < 1.29 is 24.4 Å². The fourth-order valence-electron chi connectivity index (χ4n) is 8.03. The number of carbonyl (C=O) groups is 2. The molecule has 10 heteroatoms. The van der Waals surface area contributed by atoms with Crippen LogP contribution in [0, 0.1) is 22.0 Å². The molecule has 2 aliphatic heterocycles.